The molecule has 0 saturated heterocycles. The molecule has 1 aliphatic rings. The van der Waals surface area contributed by atoms with Gasteiger partial charge in [0, 0.05) is 6.04 Å². The molecule has 7 heteroatoms. The van der Waals surface area contributed by atoms with E-state index in [2.05, 4.69) is 27.5 Å². The van der Waals surface area contributed by atoms with Gasteiger partial charge in [0.25, 0.3) is 0 Å². The van der Waals surface area contributed by atoms with Crippen LogP contribution in [0.3, 0.4) is 0 Å². The summed E-state index contributed by atoms with van der Waals surface area (Å²) in [6, 6.07) is 7.73. The summed E-state index contributed by atoms with van der Waals surface area (Å²) in [4.78, 5) is 14.0. The smallest absolute Gasteiger partial charge is 0.337 e. The highest BCUT2D eigenvalue weighted by Gasteiger charge is 2.20. The van der Waals surface area contributed by atoms with Gasteiger partial charge in [-0.05, 0) is 48.5 Å². The molecular formula is C17H23N5O2. The molecule has 1 fully saturated rings. The molecule has 1 heterocycles. The first-order valence-electron chi connectivity index (χ1n) is 8.35. The van der Waals surface area contributed by atoms with Gasteiger partial charge in [0.1, 0.15) is 0 Å². The Labute approximate surface area is 141 Å². The average molecular weight is 329 g/mol. The number of methoxy groups -OCH3 is 1. The molecule has 0 atom stereocenters. The van der Waals surface area contributed by atoms with E-state index in [1.54, 1.807) is 22.9 Å². The fourth-order valence-electron chi connectivity index (χ4n) is 3.26. The molecule has 7 nitrogen and oxygen atoms in total. The van der Waals surface area contributed by atoms with E-state index in [-0.39, 0.29) is 5.97 Å². The topological polar surface area (TPSA) is 73.1 Å². The Balaban J connectivity index is 1.78. The van der Waals surface area contributed by atoms with E-state index in [1.807, 2.05) is 6.07 Å². The molecule has 0 unspecified atom stereocenters. The Kier molecular flexibility index (Phi) is 5.20. The van der Waals surface area contributed by atoms with Crippen molar-refractivity contribution < 1.29 is 9.53 Å². The minimum absolute atomic E-state index is 0.370. The van der Waals surface area contributed by atoms with Gasteiger partial charge in [0.2, 0.25) is 0 Å². The number of nitrogens with zero attached hydrogens (tertiary/aromatic N) is 5. The molecule has 2 aromatic rings. The lowest BCUT2D eigenvalue weighted by Gasteiger charge is -2.30. The van der Waals surface area contributed by atoms with Crippen LogP contribution in [0, 0.1) is 0 Å². The fourth-order valence-corrected chi connectivity index (χ4v) is 3.26. The molecule has 1 saturated carbocycles. The predicted molar refractivity (Wildman–Crippen MR) is 88.8 cm³/mol. The molecule has 0 spiro atoms. The predicted octanol–water partition coefficient (Wildman–Crippen LogP) is 2.21. The van der Waals surface area contributed by atoms with Crippen molar-refractivity contribution in [3.63, 3.8) is 0 Å². The highest BCUT2D eigenvalue weighted by atomic mass is 16.5. The number of tetrazole rings is 1. The van der Waals surface area contributed by atoms with Crippen LogP contribution in [0.1, 0.15) is 48.3 Å². The van der Waals surface area contributed by atoms with Crippen molar-refractivity contribution in [1.29, 1.82) is 0 Å². The molecule has 24 heavy (non-hydrogen) atoms. The molecule has 3 rings (SSSR count). The Morgan fingerprint density at radius 2 is 2.12 bits per heavy atom. The second-order valence-corrected chi connectivity index (χ2v) is 6.26. The molecule has 0 N–H and O–H groups in total. The second-order valence-electron chi connectivity index (χ2n) is 6.26. The summed E-state index contributed by atoms with van der Waals surface area (Å²) in [5.41, 5.74) is 1.24. The Morgan fingerprint density at radius 3 is 2.88 bits per heavy atom. The van der Waals surface area contributed by atoms with Crippen molar-refractivity contribution in [2.45, 2.75) is 44.7 Å². The molecular weight excluding hydrogens is 306 g/mol. The van der Waals surface area contributed by atoms with Crippen LogP contribution in [0.5, 0.6) is 0 Å². The van der Waals surface area contributed by atoms with Gasteiger partial charge in [0.05, 0.1) is 24.9 Å². The van der Waals surface area contributed by atoms with Gasteiger partial charge in [-0.15, -0.1) is 5.10 Å². The van der Waals surface area contributed by atoms with E-state index in [9.17, 15) is 4.79 Å². The second kappa shape index (κ2) is 7.53. The van der Waals surface area contributed by atoms with Gasteiger partial charge in [-0.2, -0.15) is 4.68 Å². The van der Waals surface area contributed by atoms with Crippen LogP contribution in [0.2, 0.25) is 0 Å². The van der Waals surface area contributed by atoms with Crippen molar-refractivity contribution >= 4 is 5.97 Å². The maximum Gasteiger partial charge on any atom is 0.337 e. The quantitative estimate of drug-likeness (QED) is 0.783. The van der Waals surface area contributed by atoms with Crippen LogP contribution >= 0.6 is 0 Å². The van der Waals surface area contributed by atoms with E-state index in [0.717, 1.165) is 11.5 Å². The normalized spacial score (nSPS) is 15.6. The number of hydrogen-bond acceptors (Lipinski definition) is 6. The summed E-state index contributed by atoms with van der Waals surface area (Å²) in [5.74, 6) is 0.399. The first kappa shape index (κ1) is 16.6. The number of carbonyl (C=O) groups is 1. The molecule has 128 valence electrons. The van der Waals surface area contributed by atoms with Crippen molar-refractivity contribution in [3.05, 3.63) is 35.7 Å². The monoisotopic (exact) mass is 329 g/mol. The molecule has 1 aliphatic carbocycles. The summed E-state index contributed by atoms with van der Waals surface area (Å²) < 4.78 is 6.46. The Bertz CT molecular complexity index is 694. The van der Waals surface area contributed by atoms with E-state index >= 15 is 0 Å². The fraction of sp³-hybridized carbons (Fsp3) is 0.529. The number of benzene rings is 1. The number of rotatable bonds is 5. The summed E-state index contributed by atoms with van der Waals surface area (Å²) >= 11 is 0. The lowest BCUT2D eigenvalue weighted by Crippen LogP contribution is -2.33. The zero-order chi connectivity index (χ0) is 16.9. The maximum absolute atomic E-state index is 11.7. The van der Waals surface area contributed by atoms with E-state index in [4.69, 9.17) is 4.74 Å². The molecule has 0 radical (unpaired) electrons. The summed E-state index contributed by atoms with van der Waals surface area (Å²) in [7, 11) is 3.50. The highest BCUT2D eigenvalue weighted by Crippen LogP contribution is 2.23. The van der Waals surface area contributed by atoms with Crippen LogP contribution in [-0.2, 0) is 11.3 Å². The van der Waals surface area contributed by atoms with Crippen LogP contribution < -0.4 is 0 Å². The van der Waals surface area contributed by atoms with Crippen molar-refractivity contribution in [3.8, 4) is 5.69 Å². The summed E-state index contributed by atoms with van der Waals surface area (Å²) in [6.45, 7) is 0.681. The average Bonchev–Trinajstić information content (AvgIpc) is 3.10. The molecule has 0 aliphatic heterocycles. The van der Waals surface area contributed by atoms with E-state index in [0.29, 0.717) is 18.2 Å². The van der Waals surface area contributed by atoms with Gasteiger partial charge in [-0.25, -0.2) is 4.79 Å². The summed E-state index contributed by atoms with van der Waals surface area (Å²) in [5, 5.41) is 12.1. The van der Waals surface area contributed by atoms with Crippen LogP contribution in [0.25, 0.3) is 5.69 Å². The highest BCUT2D eigenvalue weighted by molar-refractivity contribution is 5.89. The van der Waals surface area contributed by atoms with Gasteiger partial charge in [-0.3, -0.25) is 4.90 Å². The summed E-state index contributed by atoms with van der Waals surface area (Å²) in [6.07, 6.45) is 6.39. The van der Waals surface area contributed by atoms with Gasteiger partial charge in [0.15, 0.2) is 5.82 Å². The third-order valence-corrected chi connectivity index (χ3v) is 4.63. The Hall–Kier alpha value is -2.28. The minimum Gasteiger partial charge on any atom is -0.465 e. The van der Waals surface area contributed by atoms with Crippen LogP contribution in [0.15, 0.2) is 24.3 Å². The maximum atomic E-state index is 11.7. The van der Waals surface area contributed by atoms with Crippen molar-refractivity contribution in [2.24, 2.45) is 0 Å². The standard InChI is InChI=1S/C17H23N5O2/c1-21(14-8-4-3-5-9-14)12-16-18-19-20-22(16)15-10-6-7-13(11-15)17(23)24-2/h6-7,10-11,14H,3-5,8-9,12H2,1-2H3. The SMILES string of the molecule is COC(=O)c1cccc(-n2nnnc2CN(C)C2CCCCC2)c1. The van der Waals surface area contributed by atoms with Crippen LogP contribution in [-0.4, -0.2) is 51.3 Å². The minimum atomic E-state index is -0.370. The van der Waals surface area contributed by atoms with Gasteiger partial charge in [-0.1, -0.05) is 25.3 Å². The molecule has 0 amide bonds. The van der Waals surface area contributed by atoms with E-state index < -0.39 is 0 Å². The first-order chi connectivity index (χ1) is 11.7. The Morgan fingerprint density at radius 1 is 1.33 bits per heavy atom. The molecule has 1 aromatic carbocycles. The molecule has 0 bridgehead atoms. The lowest BCUT2D eigenvalue weighted by atomic mass is 9.94. The third-order valence-electron chi connectivity index (χ3n) is 4.63. The number of esters is 1. The van der Waals surface area contributed by atoms with Crippen LogP contribution in [0.4, 0.5) is 0 Å². The third kappa shape index (κ3) is 3.62. The van der Waals surface area contributed by atoms with Crippen molar-refractivity contribution in [1.82, 2.24) is 25.1 Å². The first-order valence-corrected chi connectivity index (χ1v) is 8.35. The molecule has 1 aromatic heterocycles. The zero-order valence-corrected chi connectivity index (χ0v) is 14.2. The van der Waals surface area contributed by atoms with Crippen molar-refractivity contribution in [2.75, 3.05) is 14.2 Å². The van der Waals surface area contributed by atoms with Gasteiger partial charge < -0.3 is 4.74 Å². The number of aromatic nitrogens is 4. The lowest BCUT2D eigenvalue weighted by molar-refractivity contribution is 0.0600. The number of hydrogen-bond donors (Lipinski definition) is 0. The van der Waals surface area contributed by atoms with Gasteiger partial charge >= 0.3 is 5.97 Å². The zero-order valence-electron chi connectivity index (χ0n) is 14.2. The number of carbonyl (C=O) groups excluding carboxylic acids is 1. The largest absolute Gasteiger partial charge is 0.465 e. The van der Waals surface area contributed by atoms with E-state index in [1.165, 1.54) is 39.2 Å². The number of ether oxygens (including phenoxy) is 1.